The Hall–Kier alpha value is -3.33. The number of nitrogens with zero attached hydrogens (tertiary/aromatic N) is 2. The summed E-state index contributed by atoms with van der Waals surface area (Å²) in [6.07, 6.45) is 0. The highest BCUT2D eigenvalue weighted by atomic mass is 32.2. The predicted octanol–water partition coefficient (Wildman–Crippen LogP) is 1.24. The summed E-state index contributed by atoms with van der Waals surface area (Å²) in [5.41, 5.74) is 6.70. The van der Waals surface area contributed by atoms with Crippen LogP contribution in [0.1, 0.15) is 17.3 Å². The topological polar surface area (TPSA) is 125 Å². The van der Waals surface area contributed by atoms with Gasteiger partial charge in [-0.3, -0.25) is 9.59 Å². The van der Waals surface area contributed by atoms with Crippen LogP contribution in [0.2, 0.25) is 0 Å². The molecule has 9 heteroatoms. The van der Waals surface area contributed by atoms with Crippen LogP contribution in [0.4, 0.5) is 5.69 Å². The highest BCUT2D eigenvalue weighted by molar-refractivity contribution is 8.00. The molecule has 0 saturated carbocycles. The van der Waals surface area contributed by atoms with E-state index in [1.54, 1.807) is 31.2 Å². The van der Waals surface area contributed by atoms with Crippen LogP contribution >= 0.6 is 11.8 Å². The molecule has 0 fully saturated rings. The number of carbonyl (C=O) groups is 2. The van der Waals surface area contributed by atoms with E-state index in [-0.39, 0.29) is 10.9 Å². The van der Waals surface area contributed by atoms with Crippen molar-refractivity contribution in [2.24, 2.45) is 5.73 Å². The Morgan fingerprint density at radius 3 is 2.48 bits per heavy atom. The number of nitrogens with two attached hydrogens (primary N) is 1. The van der Waals surface area contributed by atoms with E-state index in [2.05, 4.69) is 10.6 Å². The van der Waals surface area contributed by atoms with Crippen molar-refractivity contribution in [3.05, 3.63) is 60.2 Å². The second kappa shape index (κ2) is 7.92. The number of hydrogen-bond donors (Lipinski definition) is 2. The molecule has 0 spiro atoms. The van der Waals surface area contributed by atoms with Crippen LogP contribution < -0.4 is 20.8 Å². The summed E-state index contributed by atoms with van der Waals surface area (Å²) < 4.78 is 6.11. The van der Waals surface area contributed by atoms with E-state index in [9.17, 15) is 14.7 Å². The maximum Gasteiger partial charge on any atom is 0.298 e. The van der Waals surface area contributed by atoms with Crippen LogP contribution in [-0.4, -0.2) is 22.3 Å². The highest BCUT2D eigenvalue weighted by Crippen LogP contribution is 2.28. The van der Waals surface area contributed by atoms with Crippen LogP contribution in [0.25, 0.3) is 5.69 Å². The fourth-order valence-electron chi connectivity index (χ4n) is 2.25. The molecular formula is C18H16N4O4S. The van der Waals surface area contributed by atoms with Gasteiger partial charge in [0.2, 0.25) is 17.5 Å². The van der Waals surface area contributed by atoms with Gasteiger partial charge in [0, 0.05) is 23.4 Å². The molecule has 0 aliphatic carbocycles. The quantitative estimate of drug-likeness (QED) is 0.487. The number of thioether (sulfide) groups is 1. The van der Waals surface area contributed by atoms with E-state index in [1.165, 1.54) is 16.8 Å². The predicted molar refractivity (Wildman–Crippen MR) is 96.4 cm³/mol. The van der Waals surface area contributed by atoms with Gasteiger partial charge in [0.15, 0.2) is 5.95 Å². The summed E-state index contributed by atoms with van der Waals surface area (Å²) >= 11 is 1.04. The van der Waals surface area contributed by atoms with E-state index in [4.69, 9.17) is 10.3 Å². The lowest BCUT2D eigenvalue weighted by molar-refractivity contribution is -0.705. The van der Waals surface area contributed by atoms with Crippen molar-refractivity contribution < 1.29 is 23.9 Å². The molecule has 8 nitrogen and oxygen atoms in total. The van der Waals surface area contributed by atoms with Crippen molar-refractivity contribution in [1.82, 2.24) is 5.27 Å². The third kappa shape index (κ3) is 4.26. The fourth-order valence-corrected chi connectivity index (χ4v) is 3.13. The lowest BCUT2D eigenvalue weighted by Gasteiger charge is -2.10. The number of amides is 2. The molecule has 2 aromatic carbocycles. The summed E-state index contributed by atoms with van der Waals surface area (Å²) in [6.45, 7) is 1.67. The molecule has 2 amide bonds. The Balaban J connectivity index is 1.72. The lowest BCUT2D eigenvalue weighted by Crippen LogP contribution is -2.36. The molecule has 0 bridgehead atoms. The van der Waals surface area contributed by atoms with E-state index >= 15 is 0 Å². The average Bonchev–Trinajstić information content (AvgIpc) is 3.03. The number of rotatable bonds is 6. The van der Waals surface area contributed by atoms with Gasteiger partial charge >= 0.3 is 0 Å². The van der Waals surface area contributed by atoms with Crippen molar-refractivity contribution in [3.8, 4) is 11.6 Å². The summed E-state index contributed by atoms with van der Waals surface area (Å²) in [4.78, 5) is 23.5. The van der Waals surface area contributed by atoms with Gasteiger partial charge in [-0.25, -0.2) is 0 Å². The summed E-state index contributed by atoms with van der Waals surface area (Å²) in [5.74, 6) is -1.47. The van der Waals surface area contributed by atoms with Crippen molar-refractivity contribution in [2.45, 2.75) is 17.2 Å². The van der Waals surface area contributed by atoms with Gasteiger partial charge in [0.1, 0.15) is 0 Å². The second-order valence-electron chi connectivity index (χ2n) is 5.60. The molecule has 27 heavy (non-hydrogen) atoms. The maximum atomic E-state index is 12.4. The molecule has 1 unspecified atom stereocenters. The van der Waals surface area contributed by atoms with E-state index in [1.807, 2.05) is 18.2 Å². The number of para-hydroxylation sites is 1. The van der Waals surface area contributed by atoms with Crippen molar-refractivity contribution in [2.75, 3.05) is 5.32 Å². The molecule has 0 aliphatic heterocycles. The minimum atomic E-state index is -0.616. The van der Waals surface area contributed by atoms with Crippen LogP contribution in [0.3, 0.4) is 0 Å². The van der Waals surface area contributed by atoms with Crippen LogP contribution in [0.15, 0.2) is 64.1 Å². The molecule has 1 heterocycles. The smallest absolute Gasteiger partial charge is 0.298 e. The zero-order valence-electron chi connectivity index (χ0n) is 14.3. The first-order valence-corrected chi connectivity index (χ1v) is 8.85. The fraction of sp³-hybridized carbons (Fsp3) is 0.111. The molecule has 0 saturated heterocycles. The number of primary amides is 1. The van der Waals surface area contributed by atoms with E-state index in [0.29, 0.717) is 16.9 Å². The SMILES string of the molecule is CC(Sc1c([O-])on[n+]1-c1ccccc1)C(=O)Nc1ccc(C(N)=O)cc1. The van der Waals surface area contributed by atoms with Crippen LogP contribution in [0.5, 0.6) is 5.95 Å². The molecule has 3 N–H and O–H groups in total. The Morgan fingerprint density at radius 1 is 1.19 bits per heavy atom. The van der Waals surface area contributed by atoms with Crippen LogP contribution in [0, 0.1) is 0 Å². The zero-order valence-corrected chi connectivity index (χ0v) is 15.1. The molecule has 1 aromatic heterocycles. The highest BCUT2D eigenvalue weighted by Gasteiger charge is 2.26. The molecule has 0 aliphatic rings. The minimum absolute atomic E-state index is 0.202. The maximum absolute atomic E-state index is 12.4. The number of hydrogen-bond acceptors (Lipinski definition) is 6. The van der Waals surface area contributed by atoms with Gasteiger partial charge in [-0.05, 0) is 47.6 Å². The van der Waals surface area contributed by atoms with Crippen LogP contribution in [-0.2, 0) is 4.79 Å². The van der Waals surface area contributed by atoms with Gasteiger partial charge in [-0.1, -0.05) is 18.2 Å². The minimum Gasteiger partial charge on any atom is -0.538 e. The molecular weight excluding hydrogens is 368 g/mol. The third-order valence-electron chi connectivity index (χ3n) is 3.67. The number of benzene rings is 2. The first-order chi connectivity index (χ1) is 13.0. The molecule has 1 atom stereocenters. The number of anilines is 1. The molecule has 3 rings (SSSR count). The largest absolute Gasteiger partial charge is 0.538 e. The van der Waals surface area contributed by atoms with Crippen molar-refractivity contribution >= 4 is 29.3 Å². The monoisotopic (exact) mass is 384 g/mol. The second-order valence-corrected chi connectivity index (χ2v) is 6.93. The third-order valence-corrected chi connectivity index (χ3v) is 4.80. The Bertz CT molecular complexity index is 957. The summed E-state index contributed by atoms with van der Waals surface area (Å²) in [7, 11) is 0. The molecule has 0 radical (unpaired) electrons. The van der Waals surface area contributed by atoms with E-state index < -0.39 is 17.1 Å². The first-order valence-electron chi connectivity index (χ1n) is 7.97. The van der Waals surface area contributed by atoms with Gasteiger partial charge < -0.3 is 20.7 Å². The first kappa shape index (κ1) is 18.5. The molecule has 3 aromatic rings. The summed E-state index contributed by atoms with van der Waals surface area (Å²) in [6, 6.07) is 15.2. The normalized spacial score (nSPS) is 11.7. The zero-order chi connectivity index (χ0) is 19.4. The number of nitrogens with one attached hydrogen (secondary N) is 1. The Labute approximate surface area is 158 Å². The van der Waals surface area contributed by atoms with Crippen molar-refractivity contribution in [3.63, 3.8) is 0 Å². The van der Waals surface area contributed by atoms with Gasteiger partial charge in [0.05, 0.1) is 10.5 Å². The Morgan fingerprint density at radius 2 is 1.85 bits per heavy atom. The molecule has 138 valence electrons. The number of carbonyl (C=O) groups excluding carboxylic acids is 2. The Kier molecular flexibility index (Phi) is 5.41. The van der Waals surface area contributed by atoms with Gasteiger partial charge in [-0.15, -0.1) is 0 Å². The lowest BCUT2D eigenvalue weighted by atomic mass is 10.2. The van der Waals surface area contributed by atoms with Crippen molar-refractivity contribution in [1.29, 1.82) is 0 Å². The van der Waals surface area contributed by atoms with E-state index in [0.717, 1.165) is 11.8 Å². The standard InChI is InChI=1S/C18H16N4O4S/c1-11(16(24)20-13-9-7-12(8-10-13)15(19)23)27-17-18(25)26-21-22(17)14-5-3-2-4-6-14/h2-11H,1H3,(H3-,19,20,21,23,24,25). The number of aromatic nitrogens is 2. The van der Waals surface area contributed by atoms with Gasteiger partial charge in [0.25, 0.3) is 5.03 Å². The summed E-state index contributed by atoms with van der Waals surface area (Å²) in [5, 5.41) is 18.1. The average molecular weight is 384 g/mol. The van der Waals surface area contributed by atoms with Gasteiger partial charge in [-0.2, -0.15) is 0 Å².